The third-order valence-electron chi connectivity index (χ3n) is 4.77. The second kappa shape index (κ2) is 10.1. The van der Waals surface area contributed by atoms with Crippen molar-refractivity contribution >= 4 is 11.0 Å². The van der Waals surface area contributed by atoms with E-state index < -0.39 is 6.10 Å². The smallest absolute Gasteiger partial charge is 0.119 e. The standard InChI is InChI=1S/C23H30N2O3/c1-3-4-5-8-15-27-20-11-13-21(14-12-20)28-17-19(26)16-25-18(2)24-22-9-6-7-10-23(22)25/h6-7,9-14,19,26H,3-5,8,15-17H2,1-2H3. The van der Waals surface area contributed by atoms with Crippen molar-refractivity contribution in [3.8, 4) is 11.5 Å². The average Bonchev–Trinajstić information content (AvgIpc) is 3.02. The highest BCUT2D eigenvalue weighted by Gasteiger charge is 2.12. The van der Waals surface area contributed by atoms with Crippen molar-refractivity contribution in [3.05, 3.63) is 54.4 Å². The SMILES string of the molecule is CCCCCCOc1ccc(OCC(O)Cn2c(C)nc3ccccc32)cc1. The Bertz CT molecular complexity index is 858. The van der Waals surface area contributed by atoms with E-state index in [9.17, 15) is 5.11 Å². The molecule has 0 radical (unpaired) electrons. The summed E-state index contributed by atoms with van der Waals surface area (Å²) < 4.78 is 13.5. The number of imidazole rings is 1. The van der Waals surface area contributed by atoms with E-state index in [1.807, 2.05) is 60.0 Å². The van der Waals surface area contributed by atoms with Crippen LogP contribution >= 0.6 is 0 Å². The Morgan fingerprint density at radius 3 is 2.43 bits per heavy atom. The molecule has 28 heavy (non-hydrogen) atoms. The van der Waals surface area contributed by atoms with Crippen LogP contribution in [0.5, 0.6) is 11.5 Å². The van der Waals surface area contributed by atoms with Gasteiger partial charge in [0.1, 0.15) is 30.0 Å². The number of aliphatic hydroxyl groups is 1. The van der Waals surface area contributed by atoms with E-state index >= 15 is 0 Å². The van der Waals surface area contributed by atoms with E-state index in [1.165, 1.54) is 19.3 Å². The molecule has 5 nitrogen and oxygen atoms in total. The largest absolute Gasteiger partial charge is 0.494 e. The molecular formula is C23H30N2O3. The highest BCUT2D eigenvalue weighted by molar-refractivity contribution is 5.75. The lowest BCUT2D eigenvalue weighted by molar-refractivity contribution is 0.0929. The molecule has 0 aliphatic carbocycles. The summed E-state index contributed by atoms with van der Waals surface area (Å²) in [6.45, 7) is 5.58. The van der Waals surface area contributed by atoms with Crippen LogP contribution in [0.25, 0.3) is 11.0 Å². The van der Waals surface area contributed by atoms with Crippen LogP contribution in [0.4, 0.5) is 0 Å². The summed E-state index contributed by atoms with van der Waals surface area (Å²) in [7, 11) is 0. The molecule has 0 aliphatic rings. The molecule has 0 aliphatic heterocycles. The van der Waals surface area contributed by atoms with Crippen molar-refractivity contribution in [3.63, 3.8) is 0 Å². The number of benzene rings is 2. The summed E-state index contributed by atoms with van der Waals surface area (Å²) in [6.07, 6.45) is 4.16. The highest BCUT2D eigenvalue weighted by Crippen LogP contribution is 2.19. The molecule has 0 amide bonds. The Kier molecular flexibility index (Phi) is 7.31. The third kappa shape index (κ3) is 5.49. The molecule has 0 saturated heterocycles. The average molecular weight is 383 g/mol. The van der Waals surface area contributed by atoms with Gasteiger partial charge in [0.2, 0.25) is 0 Å². The lowest BCUT2D eigenvalue weighted by Crippen LogP contribution is -2.24. The van der Waals surface area contributed by atoms with Crippen LogP contribution in [0, 0.1) is 6.92 Å². The van der Waals surface area contributed by atoms with Gasteiger partial charge in [-0.15, -0.1) is 0 Å². The second-order valence-electron chi connectivity index (χ2n) is 7.10. The van der Waals surface area contributed by atoms with Crippen molar-refractivity contribution in [1.29, 1.82) is 0 Å². The van der Waals surface area contributed by atoms with Crippen molar-refractivity contribution in [2.75, 3.05) is 13.2 Å². The zero-order valence-electron chi connectivity index (χ0n) is 16.8. The lowest BCUT2D eigenvalue weighted by atomic mass is 10.2. The maximum Gasteiger partial charge on any atom is 0.119 e. The molecule has 2 aromatic carbocycles. The Morgan fingerprint density at radius 2 is 1.68 bits per heavy atom. The monoisotopic (exact) mass is 382 g/mol. The molecule has 1 aromatic heterocycles. The van der Waals surface area contributed by atoms with E-state index in [0.29, 0.717) is 6.54 Å². The van der Waals surface area contributed by atoms with Crippen molar-refractivity contribution in [1.82, 2.24) is 9.55 Å². The minimum atomic E-state index is -0.620. The lowest BCUT2D eigenvalue weighted by Gasteiger charge is -2.15. The normalized spacial score (nSPS) is 12.2. The quantitative estimate of drug-likeness (QED) is 0.487. The Hall–Kier alpha value is -2.53. The van der Waals surface area contributed by atoms with Gasteiger partial charge in [-0.25, -0.2) is 4.98 Å². The molecule has 0 saturated carbocycles. The maximum atomic E-state index is 10.4. The van der Waals surface area contributed by atoms with Gasteiger partial charge in [0.05, 0.1) is 24.2 Å². The van der Waals surface area contributed by atoms with Gasteiger partial charge in [0.25, 0.3) is 0 Å². The number of para-hydroxylation sites is 2. The number of aromatic nitrogens is 2. The predicted octanol–water partition coefficient (Wildman–Crippen LogP) is 4.74. The topological polar surface area (TPSA) is 56.5 Å². The fourth-order valence-electron chi connectivity index (χ4n) is 3.23. The van der Waals surface area contributed by atoms with Gasteiger partial charge in [-0.05, 0) is 49.7 Å². The first-order valence-electron chi connectivity index (χ1n) is 10.1. The molecule has 1 atom stereocenters. The van der Waals surface area contributed by atoms with E-state index in [1.54, 1.807) is 0 Å². The Morgan fingerprint density at radius 1 is 0.964 bits per heavy atom. The van der Waals surface area contributed by atoms with Crippen LogP contribution in [0.15, 0.2) is 48.5 Å². The molecule has 3 rings (SSSR count). The van der Waals surface area contributed by atoms with Gasteiger partial charge in [-0.2, -0.15) is 0 Å². The number of unbranched alkanes of at least 4 members (excludes halogenated alkanes) is 3. The van der Waals surface area contributed by atoms with Gasteiger partial charge in [0, 0.05) is 0 Å². The van der Waals surface area contributed by atoms with Crippen molar-refractivity contribution in [2.24, 2.45) is 0 Å². The summed E-state index contributed by atoms with van der Waals surface area (Å²) in [5.74, 6) is 2.47. The van der Waals surface area contributed by atoms with Gasteiger partial charge in [-0.1, -0.05) is 38.3 Å². The molecule has 0 spiro atoms. The summed E-state index contributed by atoms with van der Waals surface area (Å²) in [5.41, 5.74) is 1.97. The molecule has 0 bridgehead atoms. The molecule has 5 heteroatoms. The van der Waals surface area contributed by atoms with Crippen LogP contribution in [0.1, 0.15) is 38.4 Å². The molecule has 1 unspecified atom stereocenters. The summed E-state index contributed by atoms with van der Waals surface area (Å²) in [6, 6.07) is 15.5. The maximum absolute atomic E-state index is 10.4. The predicted molar refractivity (Wildman–Crippen MR) is 112 cm³/mol. The van der Waals surface area contributed by atoms with E-state index in [2.05, 4.69) is 11.9 Å². The summed E-state index contributed by atoms with van der Waals surface area (Å²) in [4.78, 5) is 4.53. The third-order valence-corrected chi connectivity index (χ3v) is 4.77. The first kappa shape index (κ1) is 20.2. The molecule has 3 aromatic rings. The number of aryl methyl sites for hydroxylation is 1. The van der Waals surface area contributed by atoms with Crippen molar-refractivity contribution < 1.29 is 14.6 Å². The number of rotatable bonds is 11. The van der Waals surface area contributed by atoms with E-state index in [4.69, 9.17) is 9.47 Å². The van der Waals surface area contributed by atoms with Gasteiger partial charge in [-0.3, -0.25) is 0 Å². The number of hydrogen-bond acceptors (Lipinski definition) is 4. The van der Waals surface area contributed by atoms with Crippen LogP contribution in [-0.2, 0) is 6.54 Å². The minimum absolute atomic E-state index is 0.225. The summed E-state index contributed by atoms with van der Waals surface area (Å²) >= 11 is 0. The Labute approximate surface area is 166 Å². The molecular weight excluding hydrogens is 352 g/mol. The van der Waals surface area contributed by atoms with Crippen LogP contribution in [-0.4, -0.2) is 34.0 Å². The fraction of sp³-hybridized carbons (Fsp3) is 0.435. The number of ether oxygens (including phenoxy) is 2. The van der Waals surface area contributed by atoms with Crippen molar-refractivity contribution in [2.45, 2.75) is 52.2 Å². The number of nitrogens with zero attached hydrogens (tertiary/aromatic N) is 2. The molecule has 0 fully saturated rings. The van der Waals surface area contributed by atoms with Crippen LogP contribution in [0.2, 0.25) is 0 Å². The van der Waals surface area contributed by atoms with Gasteiger partial charge >= 0.3 is 0 Å². The van der Waals surface area contributed by atoms with E-state index in [0.717, 1.165) is 41.4 Å². The zero-order chi connectivity index (χ0) is 19.8. The summed E-state index contributed by atoms with van der Waals surface area (Å²) in [5, 5.41) is 10.4. The first-order valence-corrected chi connectivity index (χ1v) is 10.1. The Balaban J connectivity index is 1.46. The fourth-order valence-corrected chi connectivity index (χ4v) is 3.23. The highest BCUT2D eigenvalue weighted by atomic mass is 16.5. The molecule has 1 N–H and O–H groups in total. The molecule has 1 heterocycles. The van der Waals surface area contributed by atoms with Crippen LogP contribution < -0.4 is 9.47 Å². The van der Waals surface area contributed by atoms with E-state index in [-0.39, 0.29) is 6.61 Å². The van der Waals surface area contributed by atoms with Gasteiger partial charge < -0.3 is 19.1 Å². The van der Waals surface area contributed by atoms with Gasteiger partial charge in [0.15, 0.2) is 0 Å². The number of aliphatic hydroxyl groups excluding tert-OH is 1. The number of hydrogen-bond donors (Lipinski definition) is 1. The second-order valence-corrected chi connectivity index (χ2v) is 7.10. The molecule has 150 valence electrons. The van der Waals surface area contributed by atoms with Crippen LogP contribution in [0.3, 0.4) is 0 Å². The minimum Gasteiger partial charge on any atom is -0.494 e. The number of fused-ring (bicyclic) bond motifs is 1. The first-order chi connectivity index (χ1) is 13.7. The zero-order valence-corrected chi connectivity index (χ0v) is 16.8.